The van der Waals surface area contributed by atoms with Crippen molar-refractivity contribution in [1.29, 1.82) is 0 Å². The molecule has 2 heterocycles. The van der Waals surface area contributed by atoms with Crippen LogP contribution in [0.2, 0.25) is 0 Å². The topological polar surface area (TPSA) is 67.0 Å². The smallest absolute Gasteiger partial charge is 0.291 e. The molecule has 1 aromatic carbocycles. The van der Waals surface area contributed by atoms with E-state index in [1.165, 1.54) is 11.2 Å². The van der Waals surface area contributed by atoms with E-state index in [4.69, 9.17) is 4.42 Å². The van der Waals surface area contributed by atoms with Gasteiger partial charge >= 0.3 is 0 Å². The van der Waals surface area contributed by atoms with E-state index in [0.29, 0.717) is 11.3 Å². The zero-order valence-corrected chi connectivity index (χ0v) is 13.0. The van der Waals surface area contributed by atoms with Gasteiger partial charge in [0.2, 0.25) is 0 Å². The van der Waals surface area contributed by atoms with Crippen LogP contribution in [0.1, 0.15) is 20.9 Å². The van der Waals surface area contributed by atoms with Gasteiger partial charge in [0.25, 0.3) is 11.8 Å². The van der Waals surface area contributed by atoms with Crippen LogP contribution in [0.5, 0.6) is 0 Å². The molecular formula is C17H20N3O3+. The van der Waals surface area contributed by atoms with E-state index in [1.54, 1.807) is 36.4 Å². The molecule has 1 aromatic heterocycles. The molecule has 0 spiro atoms. The minimum Gasteiger partial charge on any atom is -0.459 e. The highest BCUT2D eigenvalue weighted by atomic mass is 16.3. The first-order valence-electron chi connectivity index (χ1n) is 7.69. The average Bonchev–Trinajstić information content (AvgIpc) is 3.10. The maximum Gasteiger partial charge on any atom is 0.291 e. The summed E-state index contributed by atoms with van der Waals surface area (Å²) in [5.41, 5.74) is 1.01. The van der Waals surface area contributed by atoms with Crippen molar-refractivity contribution in [3.63, 3.8) is 0 Å². The SMILES string of the molecule is C[NH+]1CCN(C(=O)c2ccccc2NC(=O)c2ccco2)CC1. The molecule has 0 aliphatic carbocycles. The third-order valence-corrected chi connectivity index (χ3v) is 4.05. The molecule has 6 heteroatoms. The van der Waals surface area contributed by atoms with Crippen LogP contribution < -0.4 is 10.2 Å². The number of carbonyl (C=O) groups excluding carboxylic acids is 2. The highest BCUT2D eigenvalue weighted by Gasteiger charge is 2.24. The first-order chi connectivity index (χ1) is 11.1. The van der Waals surface area contributed by atoms with E-state index < -0.39 is 0 Å². The van der Waals surface area contributed by atoms with Gasteiger partial charge in [0.1, 0.15) is 0 Å². The Morgan fingerprint density at radius 2 is 1.87 bits per heavy atom. The molecule has 0 radical (unpaired) electrons. The van der Waals surface area contributed by atoms with Crippen molar-refractivity contribution in [3.8, 4) is 0 Å². The van der Waals surface area contributed by atoms with Gasteiger partial charge in [0.15, 0.2) is 5.76 Å². The molecule has 0 bridgehead atoms. The quantitative estimate of drug-likeness (QED) is 0.867. The molecule has 2 amide bonds. The summed E-state index contributed by atoms with van der Waals surface area (Å²) in [7, 11) is 2.12. The third kappa shape index (κ3) is 3.43. The van der Waals surface area contributed by atoms with Crippen LogP contribution in [-0.2, 0) is 0 Å². The lowest BCUT2D eigenvalue weighted by Crippen LogP contribution is -3.12. The zero-order valence-electron chi connectivity index (χ0n) is 13.0. The second kappa shape index (κ2) is 6.66. The van der Waals surface area contributed by atoms with Crippen LogP contribution in [-0.4, -0.2) is 49.9 Å². The van der Waals surface area contributed by atoms with Gasteiger partial charge in [-0.3, -0.25) is 9.59 Å². The fourth-order valence-corrected chi connectivity index (χ4v) is 2.63. The van der Waals surface area contributed by atoms with Gasteiger partial charge in [-0.05, 0) is 24.3 Å². The number of nitrogens with one attached hydrogen (secondary N) is 2. The van der Waals surface area contributed by atoms with Gasteiger partial charge in [-0.15, -0.1) is 0 Å². The maximum absolute atomic E-state index is 12.7. The predicted octanol–water partition coefficient (Wildman–Crippen LogP) is 0.502. The minimum absolute atomic E-state index is 0.0483. The number of amides is 2. The maximum atomic E-state index is 12.7. The van der Waals surface area contributed by atoms with Crippen molar-refractivity contribution in [2.24, 2.45) is 0 Å². The molecule has 2 aromatic rings. The molecule has 1 aliphatic heterocycles. The highest BCUT2D eigenvalue weighted by molar-refractivity contribution is 6.07. The predicted molar refractivity (Wildman–Crippen MR) is 85.6 cm³/mol. The number of benzene rings is 1. The lowest BCUT2D eigenvalue weighted by molar-refractivity contribution is -0.883. The molecule has 6 nitrogen and oxygen atoms in total. The summed E-state index contributed by atoms with van der Waals surface area (Å²) in [6.07, 6.45) is 1.44. The van der Waals surface area contributed by atoms with E-state index in [0.717, 1.165) is 26.2 Å². The van der Waals surface area contributed by atoms with Crippen LogP contribution in [0.25, 0.3) is 0 Å². The number of furan rings is 1. The number of hydrogen-bond donors (Lipinski definition) is 2. The van der Waals surface area contributed by atoms with Crippen LogP contribution >= 0.6 is 0 Å². The van der Waals surface area contributed by atoms with Gasteiger partial charge in [-0.2, -0.15) is 0 Å². The molecule has 0 unspecified atom stereocenters. The molecule has 1 fully saturated rings. The number of quaternary nitrogens is 1. The molecule has 1 aliphatic rings. The number of para-hydroxylation sites is 1. The summed E-state index contributed by atoms with van der Waals surface area (Å²) < 4.78 is 5.09. The largest absolute Gasteiger partial charge is 0.459 e. The summed E-state index contributed by atoms with van der Waals surface area (Å²) in [4.78, 5) is 28.1. The second-order valence-electron chi connectivity index (χ2n) is 5.73. The van der Waals surface area contributed by atoms with Crippen LogP contribution in [0.15, 0.2) is 47.1 Å². The molecule has 120 valence electrons. The van der Waals surface area contributed by atoms with Crippen molar-refractivity contribution < 1.29 is 18.9 Å². The Kier molecular flexibility index (Phi) is 4.43. The Morgan fingerprint density at radius 1 is 1.13 bits per heavy atom. The summed E-state index contributed by atoms with van der Waals surface area (Å²) >= 11 is 0. The average molecular weight is 314 g/mol. The highest BCUT2D eigenvalue weighted by Crippen LogP contribution is 2.18. The number of hydrogen-bond acceptors (Lipinski definition) is 3. The molecular weight excluding hydrogens is 294 g/mol. The Hall–Kier alpha value is -2.60. The van der Waals surface area contributed by atoms with Crippen molar-refractivity contribution >= 4 is 17.5 Å². The van der Waals surface area contributed by atoms with E-state index in [2.05, 4.69) is 12.4 Å². The lowest BCUT2D eigenvalue weighted by Gasteiger charge is -2.30. The number of carbonyl (C=O) groups is 2. The Morgan fingerprint density at radius 3 is 2.57 bits per heavy atom. The Bertz CT molecular complexity index is 689. The normalized spacial score (nSPS) is 15.4. The van der Waals surface area contributed by atoms with Crippen LogP contribution in [0, 0.1) is 0 Å². The fraction of sp³-hybridized carbons (Fsp3) is 0.294. The van der Waals surface area contributed by atoms with Crippen molar-refractivity contribution in [1.82, 2.24) is 4.90 Å². The van der Waals surface area contributed by atoms with E-state index in [9.17, 15) is 9.59 Å². The summed E-state index contributed by atoms with van der Waals surface area (Å²) in [5.74, 6) is -0.193. The number of rotatable bonds is 3. The van der Waals surface area contributed by atoms with Gasteiger partial charge in [0.05, 0.1) is 50.7 Å². The number of anilines is 1. The summed E-state index contributed by atoms with van der Waals surface area (Å²) in [6, 6.07) is 10.3. The molecule has 23 heavy (non-hydrogen) atoms. The number of piperazine rings is 1. The molecule has 1 saturated heterocycles. The first kappa shape index (κ1) is 15.3. The van der Waals surface area contributed by atoms with E-state index >= 15 is 0 Å². The number of nitrogens with zero attached hydrogens (tertiary/aromatic N) is 1. The van der Waals surface area contributed by atoms with Gasteiger partial charge in [-0.1, -0.05) is 12.1 Å². The van der Waals surface area contributed by atoms with Gasteiger partial charge in [-0.25, -0.2) is 0 Å². The Labute approximate surface area is 134 Å². The first-order valence-corrected chi connectivity index (χ1v) is 7.69. The molecule has 0 atom stereocenters. The van der Waals surface area contributed by atoms with Crippen molar-refractivity contribution in [2.45, 2.75) is 0 Å². The second-order valence-corrected chi connectivity index (χ2v) is 5.73. The molecule has 3 rings (SSSR count). The zero-order chi connectivity index (χ0) is 16.2. The monoisotopic (exact) mass is 314 g/mol. The van der Waals surface area contributed by atoms with Crippen LogP contribution in [0.3, 0.4) is 0 Å². The molecule has 2 N–H and O–H groups in total. The number of likely N-dealkylation sites (N-methyl/N-ethyl adjacent to an activating group) is 1. The Balaban J connectivity index is 1.77. The minimum atomic E-state index is -0.363. The standard InChI is InChI=1S/C17H19N3O3/c1-19-8-10-20(11-9-19)17(22)13-5-2-3-6-14(13)18-16(21)15-7-4-12-23-15/h2-7,12H,8-11H2,1H3,(H,18,21)/p+1. The van der Waals surface area contributed by atoms with Gasteiger partial charge in [0, 0.05) is 0 Å². The molecule has 0 saturated carbocycles. The van der Waals surface area contributed by atoms with Crippen molar-refractivity contribution in [2.75, 3.05) is 38.5 Å². The fourth-order valence-electron chi connectivity index (χ4n) is 2.63. The van der Waals surface area contributed by atoms with E-state index in [1.807, 2.05) is 4.90 Å². The third-order valence-electron chi connectivity index (χ3n) is 4.05. The van der Waals surface area contributed by atoms with Crippen LogP contribution in [0.4, 0.5) is 5.69 Å². The van der Waals surface area contributed by atoms with E-state index in [-0.39, 0.29) is 17.6 Å². The summed E-state index contributed by atoms with van der Waals surface area (Å²) in [6.45, 7) is 3.33. The van der Waals surface area contributed by atoms with Crippen molar-refractivity contribution in [3.05, 3.63) is 54.0 Å². The van der Waals surface area contributed by atoms with Gasteiger partial charge < -0.3 is 19.5 Å². The lowest BCUT2D eigenvalue weighted by atomic mass is 10.1. The summed E-state index contributed by atoms with van der Waals surface area (Å²) in [5, 5.41) is 2.76.